The first-order chi connectivity index (χ1) is 15.2. The van der Waals surface area contributed by atoms with Gasteiger partial charge in [-0.2, -0.15) is 8.75 Å². The quantitative estimate of drug-likeness (QED) is 0.449. The van der Waals surface area contributed by atoms with Gasteiger partial charge in [-0.25, -0.2) is 15.0 Å². The molecule has 0 aliphatic heterocycles. The molecule has 0 radical (unpaired) electrons. The molecular weight excluding hydrogens is 414 g/mol. The molecule has 3 heterocycles. The largest absolute Gasteiger partial charge is 0.439 e. The lowest BCUT2D eigenvalue weighted by Gasteiger charge is -2.09. The van der Waals surface area contributed by atoms with Crippen molar-refractivity contribution in [3.8, 4) is 17.4 Å². The monoisotopic (exact) mass is 429 g/mol. The van der Waals surface area contributed by atoms with Gasteiger partial charge in [0.15, 0.2) is 0 Å². The third-order valence-corrected chi connectivity index (χ3v) is 5.11. The average molecular weight is 429 g/mol. The molecule has 0 spiro atoms. The van der Waals surface area contributed by atoms with Crippen molar-refractivity contribution in [3.63, 3.8) is 0 Å². The number of hydrogen-bond donors (Lipinski definition) is 1. The number of fused-ring (bicyclic) bond motifs is 1. The SMILES string of the molecule is Cc1nccn1-c1cc(Oc2ccc(NC(=O)c3ccc4nsnc4c3)cc2)ncn1. The van der Waals surface area contributed by atoms with Crippen molar-refractivity contribution < 1.29 is 9.53 Å². The number of aromatic nitrogens is 6. The third kappa shape index (κ3) is 3.96. The molecule has 152 valence electrons. The minimum absolute atomic E-state index is 0.222. The highest BCUT2D eigenvalue weighted by molar-refractivity contribution is 7.00. The maximum atomic E-state index is 12.5. The van der Waals surface area contributed by atoms with Crippen LogP contribution in [0.25, 0.3) is 16.9 Å². The highest BCUT2D eigenvalue weighted by atomic mass is 32.1. The Morgan fingerprint density at radius 1 is 1.00 bits per heavy atom. The highest BCUT2D eigenvalue weighted by Crippen LogP contribution is 2.23. The van der Waals surface area contributed by atoms with Crippen LogP contribution >= 0.6 is 11.7 Å². The summed E-state index contributed by atoms with van der Waals surface area (Å²) < 4.78 is 16.0. The smallest absolute Gasteiger partial charge is 0.255 e. The average Bonchev–Trinajstić information content (AvgIpc) is 3.43. The van der Waals surface area contributed by atoms with E-state index in [9.17, 15) is 4.79 Å². The summed E-state index contributed by atoms with van der Waals surface area (Å²) in [5.74, 6) is 2.24. The Morgan fingerprint density at radius 2 is 1.84 bits per heavy atom. The maximum absolute atomic E-state index is 12.5. The minimum atomic E-state index is -0.222. The predicted octanol–water partition coefficient (Wildman–Crippen LogP) is 4.02. The number of imidazole rings is 1. The fourth-order valence-electron chi connectivity index (χ4n) is 2.99. The van der Waals surface area contributed by atoms with Gasteiger partial charge in [0.2, 0.25) is 5.88 Å². The number of carbonyl (C=O) groups is 1. The van der Waals surface area contributed by atoms with Crippen molar-refractivity contribution in [2.75, 3.05) is 5.32 Å². The van der Waals surface area contributed by atoms with Gasteiger partial charge in [0.05, 0.1) is 11.7 Å². The summed E-state index contributed by atoms with van der Waals surface area (Å²) in [6.45, 7) is 1.89. The lowest BCUT2D eigenvalue weighted by atomic mass is 10.2. The number of nitrogens with zero attached hydrogens (tertiary/aromatic N) is 6. The Hall–Kier alpha value is -4.18. The number of hydrogen-bond acceptors (Lipinski definition) is 8. The van der Waals surface area contributed by atoms with Crippen LogP contribution in [0.15, 0.2) is 67.3 Å². The van der Waals surface area contributed by atoms with Gasteiger partial charge in [-0.15, -0.1) is 0 Å². The molecule has 0 aliphatic carbocycles. The van der Waals surface area contributed by atoms with Gasteiger partial charge in [-0.1, -0.05) is 0 Å². The summed E-state index contributed by atoms with van der Waals surface area (Å²) in [4.78, 5) is 25.1. The number of benzene rings is 2. The van der Waals surface area contributed by atoms with Gasteiger partial charge < -0.3 is 10.1 Å². The first-order valence-electron chi connectivity index (χ1n) is 9.30. The van der Waals surface area contributed by atoms with Gasteiger partial charge in [0.1, 0.15) is 34.8 Å². The zero-order chi connectivity index (χ0) is 21.2. The van der Waals surface area contributed by atoms with E-state index in [1.807, 2.05) is 17.7 Å². The van der Waals surface area contributed by atoms with Crippen molar-refractivity contribution in [2.24, 2.45) is 0 Å². The third-order valence-electron chi connectivity index (χ3n) is 4.55. The minimum Gasteiger partial charge on any atom is -0.439 e. The van der Waals surface area contributed by atoms with Gasteiger partial charge >= 0.3 is 0 Å². The van der Waals surface area contributed by atoms with E-state index in [1.54, 1.807) is 54.7 Å². The Kier molecular flexibility index (Phi) is 4.81. The number of rotatable bonds is 5. The fraction of sp³-hybridized carbons (Fsp3) is 0.0476. The second-order valence-corrected chi connectivity index (χ2v) is 7.14. The molecule has 0 fully saturated rings. The van der Waals surface area contributed by atoms with Crippen LogP contribution in [0.2, 0.25) is 0 Å². The second kappa shape index (κ2) is 7.92. The number of nitrogens with one attached hydrogen (secondary N) is 1. The summed E-state index contributed by atoms with van der Waals surface area (Å²) >= 11 is 1.12. The Morgan fingerprint density at radius 3 is 2.65 bits per heavy atom. The van der Waals surface area contributed by atoms with E-state index >= 15 is 0 Å². The van der Waals surface area contributed by atoms with Crippen molar-refractivity contribution in [1.82, 2.24) is 28.3 Å². The van der Waals surface area contributed by atoms with Crippen LogP contribution in [-0.4, -0.2) is 34.2 Å². The first kappa shape index (κ1) is 18.8. The lowest BCUT2D eigenvalue weighted by Crippen LogP contribution is -2.11. The molecule has 10 heteroatoms. The van der Waals surface area contributed by atoms with E-state index in [1.165, 1.54) is 6.33 Å². The summed E-state index contributed by atoms with van der Waals surface area (Å²) in [6.07, 6.45) is 4.96. The molecule has 2 aromatic carbocycles. The van der Waals surface area contributed by atoms with Crippen molar-refractivity contribution >= 4 is 34.4 Å². The molecule has 5 aromatic rings. The standard InChI is InChI=1S/C21H15N7O2S/c1-13-22-8-9-28(13)19-11-20(24-12-23-19)30-16-5-3-15(4-6-16)25-21(29)14-2-7-17-18(10-14)27-31-26-17/h2-12H,1H3,(H,25,29). The Balaban J connectivity index is 1.28. The van der Waals surface area contributed by atoms with Crippen molar-refractivity contribution in [1.29, 1.82) is 0 Å². The molecule has 3 aromatic heterocycles. The van der Waals surface area contributed by atoms with Crippen LogP contribution < -0.4 is 10.1 Å². The summed E-state index contributed by atoms with van der Waals surface area (Å²) in [6, 6.07) is 14.0. The van der Waals surface area contributed by atoms with E-state index < -0.39 is 0 Å². The van der Waals surface area contributed by atoms with Gasteiger partial charge in [0.25, 0.3) is 5.91 Å². The van der Waals surface area contributed by atoms with Crippen LogP contribution in [0.4, 0.5) is 5.69 Å². The molecule has 0 saturated heterocycles. The zero-order valence-electron chi connectivity index (χ0n) is 16.3. The number of amides is 1. The molecule has 0 atom stereocenters. The number of ether oxygens (including phenoxy) is 1. The van der Waals surface area contributed by atoms with E-state index in [0.717, 1.165) is 23.1 Å². The molecule has 9 nitrogen and oxygen atoms in total. The van der Waals surface area contributed by atoms with Crippen LogP contribution in [0.1, 0.15) is 16.2 Å². The molecule has 1 amide bonds. The van der Waals surface area contributed by atoms with E-state index in [-0.39, 0.29) is 5.91 Å². The van der Waals surface area contributed by atoms with Gasteiger partial charge in [-0.3, -0.25) is 9.36 Å². The Bertz CT molecular complexity index is 1380. The predicted molar refractivity (Wildman–Crippen MR) is 116 cm³/mol. The van der Waals surface area contributed by atoms with E-state index in [4.69, 9.17) is 4.74 Å². The molecule has 0 saturated carbocycles. The van der Waals surface area contributed by atoms with Crippen LogP contribution in [0.3, 0.4) is 0 Å². The Labute approximate surface area is 180 Å². The molecule has 1 N–H and O–H groups in total. The first-order valence-corrected chi connectivity index (χ1v) is 10.0. The van der Waals surface area contributed by atoms with Crippen LogP contribution in [-0.2, 0) is 0 Å². The number of aryl methyl sites for hydroxylation is 1. The van der Waals surface area contributed by atoms with Crippen molar-refractivity contribution in [3.05, 3.63) is 78.6 Å². The summed E-state index contributed by atoms with van der Waals surface area (Å²) in [5.41, 5.74) is 2.64. The summed E-state index contributed by atoms with van der Waals surface area (Å²) in [5, 5.41) is 2.86. The molecule has 0 aliphatic rings. The highest BCUT2D eigenvalue weighted by Gasteiger charge is 2.10. The molecule has 5 rings (SSSR count). The summed E-state index contributed by atoms with van der Waals surface area (Å²) in [7, 11) is 0. The molecule has 0 bridgehead atoms. The topological polar surface area (TPSA) is 108 Å². The van der Waals surface area contributed by atoms with Crippen LogP contribution in [0.5, 0.6) is 11.6 Å². The van der Waals surface area contributed by atoms with Gasteiger partial charge in [-0.05, 0) is 49.4 Å². The van der Waals surface area contributed by atoms with Crippen LogP contribution in [0, 0.1) is 6.92 Å². The molecule has 31 heavy (non-hydrogen) atoms. The van der Waals surface area contributed by atoms with Gasteiger partial charge in [0, 0.05) is 29.7 Å². The molecular formula is C21H15N7O2S. The molecule has 0 unspecified atom stereocenters. The van der Waals surface area contributed by atoms with E-state index in [0.29, 0.717) is 34.2 Å². The lowest BCUT2D eigenvalue weighted by molar-refractivity contribution is 0.102. The van der Waals surface area contributed by atoms with Crippen molar-refractivity contribution in [2.45, 2.75) is 6.92 Å². The second-order valence-electron chi connectivity index (χ2n) is 6.61. The number of carbonyl (C=O) groups excluding carboxylic acids is 1. The normalized spacial score (nSPS) is 10.9. The number of anilines is 1. The fourth-order valence-corrected chi connectivity index (χ4v) is 3.51. The maximum Gasteiger partial charge on any atom is 0.255 e. The van der Waals surface area contributed by atoms with E-state index in [2.05, 4.69) is 29.0 Å². The zero-order valence-corrected chi connectivity index (χ0v) is 17.1.